The summed E-state index contributed by atoms with van der Waals surface area (Å²) in [5.41, 5.74) is 1.88. The summed E-state index contributed by atoms with van der Waals surface area (Å²) in [5, 5.41) is 4.37. The number of nitrogens with zero attached hydrogens (tertiary/aromatic N) is 4. The van der Waals surface area contributed by atoms with Crippen molar-refractivity contribution < 1.29 is 9.53 Å². The van der Waals surface area contributed by atoms with E-state index in [2.05, 4.69) is 22.1 Å². The van der Waals surface area contributed by atoms with Crippen LogP contribution in [0, 0.1) is 5.92 Å². The molecule has 0 saturated carbocycles. The van der Waals surface area contributed by atoms with Gasteiger partial charge in [0.25, 0.3) is 5.91 Å². The lowest BCUT2D eigenvalue weighted by Gasteiger charge is -2.36. The second kappa shape index (κ2) is 8.67. The Morgan fingerprint density at radius 3 is 2.56 bits per heavy atom. The van der Waals surface area contributed by atoms with E-state index in [1.807, 2.05) is 34.0 Å². The fraction of sp³-hybridized carbons (Fsp3) is 0.524. The van der Waals surface area contributed by atoms with Gasteiger partial charge in [-0.1, -0.05) is 30.3 Å². The van der Waals surface area contributed by atoms with Crippen LogP contribution in [0.3, 0.4) is 0 Å². The van der Waals surface area contributed by atoms with Crippen LogP contribution in [-0.4, -0.2) is 71.4 Å². The van der Waals surface area contributed by atoms with Crippen molar-refractivity contribution in [3.8, 4) is 0 Å². The Labute approximate surface area is 160 Å². The summed E-state index contributed by atoms with van der Waals surface area (Å²) in [6.45, 7) is 7.31. The maximum Gasteiger partial charge on any atom is 0.257 e. The average molecular weight is 368 g/mol. The summed E-state index contributed by atoms with van der Waals surface area (Å²) >= 11 is 0. The summed E-state index contributed by atoms with van der Waals surface area (Å²) in [7, 11) is 0. The van der Waals surface area contributed by atoms with Gasteiger partial charge in [0.05, 0.1) is 31.5 Å². The summed E-state index contributed by atoms with van der Waals surface area (Å²) in [4.78, 5) is 17.3. The van der Waals surface area contributed by atoms with Crippen molar-refractivity contribution in [3.63, 3.8) is 0 Å². The van der Waals surface area contributed by atoms with Crippen molar-refractivity contribution >= 4 is 5.91 Å². The number of amides is 1. The fourth-order valence-corrected chi connectivity index (χ4v) is 3.98. The van der Waals surface area contributed by atoms with E-state index < -0.39 is 0 Å². The molecule has 1 aromatic carbocycles. The number of piperidine rings is 1. The molecule has 0 aliphatic carbocycles. The number of carbonyl (C=O) groups excluding carboxylic acids is 1. The van der Waals surface area contributed by atoms with Gasteiger partial charge in [-0.25, -0.2) is 0 Å². The van der Waals surface area contributed by atoms with Crippen molar-refractivity contribution in [2.24, 2.45) is 5.92 Å². The molecule has 3 heterocycles. The van der Waals surface area contributed by atoms with Gasteiger partial charge in [0.2, 0.25) is 0 Å². The highest BCUT2D eigenvalue weighted by Crippen LogP contribution is 2.20. The molecule has 0 radical (unpaired) electrons. The first-order valence-electron chi connectivity index (χ1n) is 9.94. The van der Waals surface area contributed by atoms with Crippen molar-refractivity contribution in [2.75, 3.05) is 45.9 Å². The first kappa shape index (κ1) is 18.2. The fourth-order valence-electron chi connectivity index (χ4n) is 3.98. The van der Waals surface area contributed by atoms with Crippen molar-refractivity contribution in [1.29, 1.82) is 0 Å². The Morgan fingerprint density at radius 2 is 1.81 bits per heavy atom. The van der Waals surface area contributed by atoms with Crippen LogP contribution < -0.4 is 0 Å². The monoisotopic (exact) mass is 368 g/mol. The van der Waals surface area contributed by atoms with Crippen molar-refractivity contribution in [2.45, 2.75) is 19.4 Å². The highest BCUT2D eigenvalue weighted by molar-refractivity contribution is 5.93. The van der Waals surface area contributed by atoms with Gasteiger partial charge in [-0.3, -0.25) is 14.4 Å². The van der Waals surface area contributed by atoms with Gasteiger partial charge in [0, 0.05) is 38.9 Å². The third-order valence-corrected chi connectivity index (χ3v) is 5.59. The predicted octanol–water partition coefficient (Wildman–Crippen LogP) is 2.12. The van der Waals surface area contributed by atoms with Crippen LogP contribution in [0.25, 0.3) is 0 Å². The van der Waals surface area contributed by atoms with Crippen molar-refractivity contribution in [3.05, 3.63) is 53.9 Å². The average Bonchev–Trinajstić information content (AvgIpc) is 3.18. The van der Waals surface area contributed by atoms with E-state index >= 15 is 0 Å². The molecule has 4 rings (SSSR count). The molecular weight excluding hydrogens is 340 g/mol. The van der Waals surface area contributed by atoms with Gasteiger partial charge in [0.15, 0.2) is 0 Å². The number of benzene rings is 1. The molecule has 2 aliphatic rings. The minimum absolute atomic E-state index is 0.110. The topological polar surface area (TPSA) is 50.6 Å². The molecule has 0 unspecified atom stereocenters. The number of ether oxygens (including phenoxy) is 1. The van der Waals surface area contributed by atoms with E-state index in [0.717, 1.165) is 58.8 Å². The molecule has 144 valence electrons. The molecule has 2 aromatic rings. The zero-order chi connectivity index (χ0) is 18.5. The zero-order valence-corrected chi connectivity index (χ0v) is 15.8. The number of carbonyl (C=O) groups is 1. The smallest absolute Gasteiger partial charge is 0.257 e. The Morgan fingerprint density at radius 1 is 1.07 bits per heavy atom. The third kappa shape index (κ3) is 4.76. The Balaban J connectivity index is 1.28. The molecule has 2 saturated heterocycles. The minimum atomic E-state index is 0.110. The second-order valence-electron chi connectivity index (χ2n) is 7.56. The van der Waals surface area contributed by atoms with Crippen LogP contribution in [0.1, 0.15) is 28.8 Å². The van der Waals surface area contributed by atoms with Crippen LogP contribution in [0.5, 0.6) is 0 Å². The Kier molecular flexibility index (Phi) is 5.84. The number of likely N-dealkylation sites (tertiary alicyclic amines) is 1. The molecule has 1 aromatic heterocycles. The van der Waals surface area contributed by atoms with Gasteiger partial charge in [-0.05, 0) is 24.3 Å². The molecule has 2 fully saturated rings. The van der Waals surface area contributed by atoms with Gasteiger partial charge >= 0.3 is 0 Å². The third-order valence-electron chi connectivity index (χ3n) is 5.59. The van der Waals surface area contributed by atoms with E-state index in [4.69, 9.17) is 4.74 Å². The van der Waals surface area contributed by atoms with E-state index in [1.165, 1.54) is 5.56 Å². The molecule has 1 amide bonds. The molecule has 0 bridgehead atoms. The number of hydrogen-bond acceptors (Lipinski definition) is 4. The highest BCUT2D eigenvalue weighted by atomic mass is 16.5. The quantitative estimate of drug-likeness (QED) is 0.811. The summed E-state index contributed by atoms with van der Waals surface area (Å²) in [6.07, 6.45) is 5.74. The zero-order valence-electron chi connectivity index (χ0n) is 15.8. The summed E-state index contributed by atoms with van der Waals surface area (Å²) in [6, 6.07) is 10.2. The van der Waals surface area contributed by atoms with Gasteiger partial charge in [-0.15, -0.1) is 0 Å². The van der Waals surface area contributed by atoms with Gasteiger partial charge in [0.1, 0.15) is 0 Å². The molecule has 6 nitrogen and oxygen atoms in total. The molecular formula is C21H28N4O2. The number of morpholine rings is 1. The molecule has 6 heteroatoms. The predicted molar refractivity (Wildman–Crippen MR) is 104 cm³/mol. The van der Waals surface area contributed by atoms with E-state index in [9.17, 15) is 4.79 Å². The Hall–Kier alpha value is -2.18. The highest BCUT2D eigenvalue weighted by Gasteiger charge is 2.26. The summed E-state index contributed by atoms with van der Waals surface area (Å²) < 4.78 is 7.26. The van der Waals surface area contributed by atoms with E-state index in [0.29, 0.717) is 18.0 Å². The second-order valence-corrected chi connectivity index (χ2v) is 7.56. The normalized spacial score (nSPS) is 19.3. The lowest BCUT2D eigenvalue weighted by atomic mass is 9.95. The maximum absolute atomic E-state index is 12.8. The molecule has 27 heavy (non-hydrogen) atoms. The van der Waals surface area contributed by atoms with Crippen LogP contribution in [0.4, 0.5) is 0 Å². The standard InChI is InChI=1S/C21H28N4O2/c26-21(20-14-22-25(17-20)16-18-4-2-1-3-5-18)24-8-6-19(7-9-24)15-23-10-12-27-13-11-23/h1-5,14,17,19H,6-13,15-16H2. The lowest BCUT2D eigenvalue weighted by Crippen LogP contribution is -2.44. The number of hydrogen-bond donors (Lipinski definition) is 0. The van der Waals surface area contributed by atoms with E-state index in [-0.39, 0.29) is 5.91 Å². The molecule has 0 N–H and O–H groups in total. The van der Waals surface area contributed by atoms with Crippen LogP contribution >= 0.6 is 0 Å². The first-order chi connectivity index (χ1) is 13.3. The van der Waals surface area contributed by atoms with Crippen LogP contribution in [0.15, 0.2) is 42.7 Å². The Bertz CT molecular complexity index is 732. The van der Waals surface area contributed by atoms with E-state index in [1.54, 1.807) is 6.20 Å². The van der Waals surface area contributed by atoms with Crippen LogP contribution in [-0.2, 0) is 11.3 Å². The minimum Gasteiger partial charge on any atom is -0.379 e. The maximum atomic E-state index is 12.8. The van der Waals surface area contributed by atoms with Crippen LogP contribution in [0.2, 0.25) is 0 Å². The van der Waals surface area contributed by atoms with Gasteiger partial charge < -0.3 is 9.64 Å². The number of rotatable bonds is 5. The lowest BCUT2D eigenvalue weighted by molar-refractivity contribution is 0.0243. The first-order valence-corrected chi connectivity index (χ1v) is 9.94. The van der Waals surface area contributed by atoms with Crippen molar-refractivity contribution in [1.82, 2.24) is 19.6 Å². The van der Waals surface area contributed by atoms with Gasteiger partial charge in [-0.2, -0.15) is 5.10 Å². The molecule has 2 aliphatic heterocycles. The molecule has 0 atom stereocenters. The SMILES string of the molecule is O=C(c1cnn(Cc2ccccc2)c1)N1CCC(CN2CCOCC2)CC1. The molecule has 0 spiro atoms. The number of aromatic nitrogens is 2. The largest absolute Gasteiger partial charge is 0.379 e. The summed E-state index contributed by atoms with van der Waals surface area (Å²) in [5.74, 6) is 0.798.